The maximum Gasteiger partial charge on any atom is 0.305 e. The molecule has 2 aromatic carbocycles. The number of benzene rings is 2. The summed E-state index contributed by atoms with van der Waals surface area (Å²) in [5, 5.41) is 4.69. The molecule has 4 rings (SSSR count). The lowest BCUT2D eigenvalue weighted by Gasteiger charge is -2.35. The molecular formula is C26H26ClFN4O3. The molecule has 9 heteroatoms. The number of carbonyl (C=O) groups is 2. The average Bonchev–Trinajstić information content (AvgIpc) is 2.86. The van der Waals surface area contributed by atoms with Gasteiger partial charge in [0.15, 0.2) is 0 Å². The summed E-state index contributed by atoms with van der Waals surface area (Å²) in [5.74, 6) is -1.03. The highest BCUT2D eigenvalue weighted by atomic mass is 35.5. The molecule has 3 aromatic rings. The second-order valence-corrected chi connectivity index (χ2v) is 8.74. The summed E-state index contributed by atoms with van der Waals surface area (Å²) in [4.78, 5) is 28.5. The predicted octanol–water partition coefficient (Wildman–Crippen LogP) is 4.80. The molecule has 0 spiro atoms. The minimum Gasteiger partial charge on any atom is -0.469 e. The van der Waals surface area contributed by atoms with E-state index in [0.717, 1.165) is 11.1 Å². The number of pyridine rings is 1. The van der Waals surface area contributed by atoms with Crippen molar-refractivity contribution >= 4 is 29.3 Å². The number of halogens is 2. The molecule has 1 unspecified atom stereocenters. The fourth-order valence-electron chi connectivity index (χ4n) is 3.95. The SMILES string of the molecule is COC(=O)CCCNc1nc(F)c(C2NN(Cc3ccc(C)cc3)C(=O)c3ccccc32)cc1Cl. The van der Waals surface area contributed by atoms with Gasteiger partial charge in [0.25, 0.3) is 5.91 Å². The van der Waals surface area contributed by atoms with Crippen LogP contribution in [0.2, 0.25) is 5.02 Å². The molecule has 1 aliphatic rings. The number of nitrogens with one attached hydrogen (secondary N) is 2. The van der Waals surface area contributed by atoms with Gasteiger partial charge < -0.3 is 10.1 Å². The van der Waals surface area contributed by atoms with Crippen LogP contribution in [0.1, 0.15) is 51.5 Å². The van der Waals surface area contributed by atoms with Crippen LogP contribution in [-0.2, 0) is 16.1 Å². The number of aryl methyl sites for hydroxylation is 1. The Labute approximate surface area is 208 Å². The molecule has 0 bridgehead atoms. The first-order valence-corrected chi connectivity index (χ1v) is 11.6. The Kier molecular flexibility index (Phi) is 7.63. The molecule has 1 atom stereocenters. The smallest absolute Gasteiger partial charge is 0.305 e. The number of rotatable bonds is 8. The van der Waals surface area contributed by atoms with Crippen molar-refractivity contribution in [2.24, 2.45) is 0 Å². The molecule has 0 radical (unpaired) electrons. The van der Waals surface area contributed by atoms with Crippen LogP contribution in [0.4, 0.5) is 10.2 Å². The van der Waals surface area contributed by atoms with Crippen molar-refractivity contribution in [3.63, 3.8) is 0 Å². The van der Waals surface area contributed by atoms with Gasteiger partial charge in [-0.05, 0) is 36.6 Å². The molecule has 182 valence electrons. The zero-order chi connectivity index (χ0) is 24.9. The normalized spacial score (nSPS) is 15.0. The fourth-order valence-corrected chi connectivity index (χ4v) is 4.18. The third-order valence-corrected chi connectivity index (χ3v) is 6.13. The van der Waals surface area contributed by atoms with Crippen LogP contribution in [0.3, 0.4) is 0 Å². The minimum atomic E-state index is -0.707. The molecule has 1 aliphatic heterocycles. The van der Waals surface area contributed by atoms with E-state index in [9.17, 15) is 9.59 Å². The van der Waals surface area contributed by atoms with E-state index in [-0.39, 0.29) is 34.7 Å². The van der Waals surface area contributed by atoms with E-state index in [4.69, 9.17) is 11.6 Å². The van der Waals surface area contributed by atoms with E-state index in [1.165, 1.54) is 18.2 Å². The summed E-state index contributed by atoms with van der Waals surface area (Å²) in [7, 11) is 1.33. The van der Waals surface area contributed by atoms with E-state index < -0.39 is 12.0 Å². The largest absolute Gasteiger partial charge is 0.469 e. The number of ether oxygens (including phenoxy) is 1. The molecule has 7 nitrogen and oxygen atoms in total. The van der Waals surface area contributed by atoms with Crippen LogP contribution in [0.15, 0.2) is 54.6 Å². The monoisotopic (exact) mass is 496 g/mol. The van der Waals surface area contributed by atoms with Gasteiger partial charge in [-0.25, -0.2) is 10.4 Å². The Morgan fingerprint density at radius 3 is 2.69 bits per heavy atom. The molecule has 2 heterocycles. The quantitative estimate of drug-likeness (QED) is 0.265. The molecule has 1 aromatic heterocycles. The van der Waals surface area contributed by atoms with E-state index >= 15 is 4.39 Å². The number of hydrogen-bond acceptors (Lipinski definition) is 6. The molecule has 35 heavy (non-hydrogen) atoms. The molecule has 0 fully saturated rings. The Morgan fingerprint density at radius 1 is 1.20 bits per heavy atom. The highest BCUT2D eigenvalue weighted by Gasteiger charge is 2.33. The van der Waals surface area contributed by atoms with Gasteiger partial charge in [0, 0.05) is 24.1 Å². The second-order valence-electron chi connectivity index (χ2n) is 8.33. The van der Waals surface area contributed by atoms with Crippen LogP contribution in [0.25, 0.3) is 0 Å². The van der Waals surface area contributed by atoms with Crippen LogP contribution in [0, 0.1) is 12.9 Å². The predicted molar refractivity (Wildman–Crippen MR) is 131 cm³/mol. The number of amides is 1. The summed E-state index contributed by atoms with van der Waals surface area (Å²) < 4.78 is 19.9. The first kappa shape index (κ1) is 24.6. The standard InChI is InChI=1S/C26H26ClFN4O3/c1-16-9-11-17(12-10-16)15-32-26(34)19-7-4-3-6-18(19)23(31-32)20-14-21(27)25(30-24(20)28)29-13-5-8-22(33)35-2/h3-4,6-7,9-12,14,23,31H,5,8,13,15H2,1-2H3,(H,29,30). The first-order valence-electron chi connectivity index (χ1n) is 11.3. The van der Waals surface area contributed by atoms with E-state index in [1.807, 2.05) is 31.2 Å². The lowest BCUT2D eigenvalue weighted by molar-refractivity contribution is -0.140. The first-order chi connectivity index (χ1) is 16.9. The second kappa shape index (κ2) is 10.8. The number of fused-ring (bicyclic) bond motifs is 1. The molecule has 2 N–H and O–H groups in total. The van der Waals surface area contributed by atoms with Crippen molar-refractivity contribution in [1.29, 1.82) is 0 Å². The lowest BCUT2D eigenvalue weighted by Crippen LogP contribution is -2.49. The maximum absolute atomic E-state index is 15.3. The summed E-state index contributed by atoms with van der Waals surface area (Å²) >= 11 is 6.43. The summed E-state index contributed by atoms with van der Waals surface area (Å²) in [6.45, 7) is 2.69. The Balaban J connectivity index is 1.59. The van der Waals surface area contributed by atoms with Gasteiger partial charge in [-0.15, -0.1) is 0 Å². The van der Waals surface area contributed by atoms with E-state index in [1.54, 1.807) is 24.3 Å². The van der Waals surface area contributed by atoms with Gasteiger partial charge in [-0.3, -0.25) is 14.6 Å². The van der Waals surface area contributed by atoms with Crippen LogP contribution >= 0.6 is 11.6 Å². The Bertz CT molecular complexity index is 1240. The van der Waals surface area contributed by atoms with Gasteiger partial charge in [0.2, 0.25) is 5.95 Å². The number of methoxy groups -OCH3 is 1. The van der Waals surface area contributed by atoms with Crippen molar-refractivity contribution in [1.82, 2.24) is 15.4 Å². The van der Waals surface area contributed by atoms with Gasteiger partial charge in [-0.2, -0.15) is 4.39 Å². The molecule has 0 saturated carbocycles. The Morgan fingerprint density at radius 2 is 1.94 bits per heavy atom. The van der Waals surface area contributed by atoms with Gasteiger partial charge in [-0.1, -0.05) is 59.6 Å². The van der Waals surface area contributed by atoms with Crippen LogP contribution < -0.4 is 10.7 Å². The number of hydrogen-bond donors (Lipinski definition) is 2. The van der Waals surface area contributed by atoms with Gasteiger partial charge in [0.05, 0.1) is 24.7 Å². The summed E-state index contributed by atoms with van der Waals surface area (Å²) in [6, 6.07) is 15.9. The number of aromatic nitrogens is 1. The summed E-state index contributed by atoms with van der Waals surface area (Å²) in [5.41, 5.74) is 6.60. The highest BCUT2D eigenvalue weighted by molar-refractivity contribution is 6.33. The molecule has 1 amide bonds. The van der Waals surface area contributed by atoms with Crippen molar-refractivity contribution in [2.75, 3.05) is 19.0 Å². The fraction of sp³-hybridized carbons (Fsp3) is 0.269. The van der Waals surface area contributed by atoms with Crippen LogP contribution in [-0.4, -0.2) is 35.5 Å². The molecule has 0 saturated heterocycles. The van der Waals surface area contributed by atoms with Crippen molar-refractivity contribution in [2.45, 2.75) is 32.4 Å². The van der Waals surface area contributed by atoms with E-state index in [2.05, 4.69) is 20.5 Å². The Hall–Kier alpha value is -3.49. The summed E-state index contributed by atoms with van der Waals surface area (Å²) in [6.07, 6.45) is 0.719. The number of anilines is 1. The zero-order valence-electron chi connectivity index (χ0n) is 19.5. The number of carbonyl (C=O) groups excluding carboxylic acids is 2. The maximum atomic E-state index is 15.3. The van der Waals surface area contributed by atoms with Crippen molar-refractivity contribution in [3.05, 3.63) is 93.4 Å². The number of nitrogens with zero attached hydrogens (tertiary/aromatic N) is 2. The van der Waals surface area contributed by atoms with Crippen molar-refractivity contribution in [3.8, 4) is 0 Å². The van der Waals surface area contributed by atoms with Gasteiger partial charge >= 0.3 is 5.97 Å². The van der Waals surface area contributed by atoms with Crippen molar-refractivity contribution < 1.29 is 18.7 Å². The third-order valence-electron chi connectivity index (χ3n) is 5.84. The third kappa shape index (κ3) is 5.61. The minimum absolute atomic E-state index is 0.189. The molecular weight excluding hydrogens is 471 g/mol. The number of hydrazine groups is 1. The van der Waals surface area contributed by atoms with E-state index in [0.29, 0.717) is 30.6 Å². The van der Waals surface area contributed by atoms with Gasteiger partial charge in [0.1, 0.15) is 5.82 Å². The number of esters is 1. The molecule has 0 aliphatic carbocycles. The zero-order valence-corrected chi connectivity index (χ0v) is 20.2. The average molecular weight is 497 g/mol. The topological polar surface area (TPSA) is 83.6 Å². The lowest BCUT2D eigenvalue weighted by atomic mass is 9.93. The highest BCUT2D eigenvalue weighted by Crippen LogP contribution is 2.34. The van der Waals surface area contributed by atoms with Crippen LogP contribution in [0.5, 0.6) is 0 Å².